The van der Waals surface area contributed by atoms with Crippen LogP contribution in [-0.4, -0.2) is 25.4 Å². The molecule has 1 unspecified atom stereocenters. The molecule has 1 rings (SSSR count). The number of hydrogen-bond donors (Lipinski definition) is 0. The maximum atomic E-state index is 6.76. The molecule has 1 nitrogen and oxygen atoms in total. The molecule has 0 aromatic heterocycles. The minimum absolute atomic E-state index is 0.204. The van der Waals surface area contributed by atoms with E-state index < -0.39 is 8.32 Å². The number of terminal acetylenes is 1. The highest BCUT2D eigenvalue weighted by molar-refractivity contribution is 7.99. The van der Waals surface area contributed by atoms with Crippen molar-refractivity contribution in [3.63, 3.8) is 0 Å². The van der Waals surface area contributed by atoms with Gasteiger partial charge in [0.05, 0.1) is 11.5 Å². The zero-order chi connectivity index (χ0) is 16.9. The van der Waals surface area contributed by atoms with Crippen LogP contribution in [0.3, 0.4) is 0 Å². The molecule has 1 atom stereocenters. The van der Waals surface area contributed by atoms with E-state index in [4.69, 9.17) is 10.8 Å². The van der Waals surface area contributed by atoms with E-state index in [1.165, 1.54) is 5.57 Å². The van der Waals surface area contributed by atoms with E-state index in [2.05, 4.69) is 64.6 Å². The van der Waals surface area contributed by atoms with E-state index in [9.17, 15) is 0 Å². The van der Waals surface area contributed by atoms with E-state index in [1.54, 1.807) is 11.8 Å². The first-order chi connectivity index (χ1) is 10.1. The second-order valence-corrected chi connectivity index (χ2v) is 13.3. The normalized spacial score (nSPS) is 22.3. The first-order valence-corrected chi connectivity index (χ1v) is 12.1. The van der Waals surface area contributed by atoms with Gasteiger partial charge in [0.25, 0.3) is 0 Å². The zero-order valence-corrected chi connectivity index (χ0v) is 16.8. The van der Waals surface area contributed by atoms with E-state index >= 15 is 0 Å². The maximum Gasteiger partial charge on any atom is 0.194 e. The van der Waals surface area contributed by atoms with Gasteiger partial charge in [0.15, 0.2) is 8.32 Å². The smallest absolute Gasteiger partial charge is 0.194 e. The molecule has 0 bridgehead atoms. The van der Waals surface area contributed by atoms with Crippen molar-refractivity contribution in [3.8, 4) is 24.2 Å². The fourth-order valence-electron chi connectivity index (χ4n) is 2.17. The van der Waals surface area contributed by atoms with Crippen molar-refractivity contribution in [2.75, 3.05) is 11.5 Å². The van der Waals surface area contributed by atoms with Gasteiger partial charge in [-0.25, -0.2) is 0 Å². The highest BCUT2D eigenvalue weighted by Gasteiger charge is 2.44. The van der Waals surface area contributed by atoms with Crippen LogP contribution >= 0.6 is 11.8 Å². The maximum absolute atomic E-state index is 6.76. The molecule has 3 heteroatoms. The topological polar surface area (TPSA) is 9.23 Å². The Kier molecular flexibility index (Phi) is 6.87. The third-order valence-electron chi connectivity index (χ3n) is 4.64. The summed E-state index contributed by atoms with van der Waals surface area (Å²) in [5.74, 6) is 10.9. The number of thioether (sulfide) groups is 1. The van der Waals surface area contributed by atoms with Crippen LogP contribution < -0.4 is 0 Å². The largest absolute Gasteiger partial charge is 0.400 e. The number of hydrogen-bond acceptors (Lipinski definition) is 2. The molecule has 0 radical (unpaired) electrons. The van der Waals surface area contributed by atoms with E-state index in [-0.39, 0.29) is 10.6 Å². The van der Waals surface area contributed by atoms with Gasteiger partial charge in [-0.1, -0.05) is 50.2 Å². The summed E-state index contributed by atoms with van der Waals surface area (Å²) in [6.45, 7) is 13.7. The molecule has 0 spiro atoms. The van der Waals surface area contributed by atoms with Crippen LogP contribution in [0.2, 0.25) is 18.1 Å². The Morgan fingerprint density at radius 3 is 2.55 bits per heavy atom. The molecule has 0 saturated heterocycles. The van der Waals surface area contributed by atoms with Gasteiger partial charge in [-0.2, -0.15) is 0 Å². The van der Waals surface area contributed by atoms with Crippen LogP contribution in [-0.2, 0) is 4.43 Å². The second-order valence-electron chi connectivity index (χ2n) is 7.61. The lowest BCUT2D eigenvalue weighted by Crippen LogP contribution is -2.49. The lowest BCUT2D eigenvalue weighted by atomic mass is 9.86. The Hall–Kier alpha value is -0.613. The highest BCUT2D eigenvalue weighted by Crippen LogP contribution is 2.42. The fraction of sp³-hybridized carbons (Fsp3) is 0.684. The molecule has 0 aromatic rings. The molecular weight excluding hydrogens is 304 g/mol. The van der Waals surface area contributed by atoms with Gasteiger partial charge in [-0.05, 0) is 37.9 Å². The SMILES string of the molecule is C#CCSCC#CC1(O[Si](C)(C)C(C)(C)C)CC=C(C)CC1. The average molecular weight is 335 g/mol. The second kappa shape index (κ2) is 7.78. The molecule has 0 heterocycles. The first-order valence-electron chi connectivity index (χ1n) is 7.99. The molecule has 0 saturated carbocycles. The monoisotopic (exact) mass is 334 g/mol. The quantitative estimate of drug-likeness (QED) is 0.301. The summed E-state index contributed by atoms with van der Waals surface area (Å²) >= 11 is 1.70. The summed E-state index contributed by atoms with van der Waals surface area (Å²) in [6.07, 6.45) is 10.6. The summed E-state index contributed by atoms with van der Waals surface area (Å²) in [6, 6.07) is 0. The van der Waals surface area contributed by atoms with E-state index in [1.807, 2.05) is 0 Å². The summed E-state index contributed by atoms with van der Waals surface area (Å²) in [5.41, 5.74) is 1.16. The van der Waals surface area contributed by atoms with Crippen LogP contribution in [0.5, 0.6) is 0 Å². The molecule has 0 amide bonds. The lowest BCUT2D eigenvalue weighted by Gasteiger charge is -2.44. The Morgan fingerprint density at radius 1 is 1.36 bits per heavy atom. The lowest BCUT2D eigenvalue weighted by molar-refractivity contribution is 0.100. The van der Waals surface area contributed by atoms with Crippen LogP contribution in [0.15, 0.2) is 11.6 Å². The predicted molar refractivity (Wildman–Crippen MR) is 103 cm³/mol. The summed E-state index contributed by atoms with van der Waals surface area (Å²) in [4.78, 5) is 0. The van der Waals surface area contributed by atoms with Gasteiger partial charge < -0.3 is 4.43 Å². The van der Waals surface area contributed by atoms with Crippen molar-refractivity contribution in [2.24, 2.45) is 0 Å². The third kappa shape index (κ3) is 5.54. The Balaban J connectivity index is 2.92. The van der Waals surface area contributed by atoms with Crippen LogP contribution in [0.25, 0.3) is 0 Å². The van der Waals surface area contributed by atoms with Crippen molar-refractivity contribution < 1.29 is 4.43 Å². The molecule has 0 aliphatic heterocycles. The zero-order valence-electron chi connectivity index (χ0n) is 15.0. The molecule has 122 valence electrons. The van der Waals surface area contributed by atoms with Crippen LogP contribution in [0, 0.1) is 24.2 Å². The number of rotatable bonds is 4. The minimum atomic E-state index is -1.83. The van der Waals surface area contributed by atoms with Gasteiger partial charge in [-0.15, -0.1) is 18.2 Å². The molecular formula is C19H30OSSi. The summed E-state index contributed by atoms with van der Waals surface area (Å²) < 4.78 is 6.76. The molecule has 1 aliphatic carbocycles. The van der Waals surface area contributed by atoms with Crippen molar-refractivity contribution in [3.05, 3.63) is 11.6 Å². The van der Waals surface area contributed by atoms with Gasteiger partial charge >= 0.3 is 0 Å². The Labute approximate surface area is 142 Å². The molecule has 0 fully saturated rings. The predicted octanol–water partition coefficient (Wildman–Crippen LogP) is 5.25. The molecule has 22 heavy (non-hydrogen) atoms. The third-order valence-corrected chi connectivity index (χ3v) is 9.87. The highest BCUT2D eigenvalue weighted by atomic mass is 32.2. The van der Waals surface area contributed by atoms with Gasteiger partial charge in [0.1, 0.15) is 5.60 Å². The van der Waals surface area contributed by atoms with Gasteiger partial charge in [0, 0.05) is 6.42 Å². The molecule has 0 N–H and O–H groups in total. The fourth-order valence-corrected chi connectivity index (χ4v) is 4.09. The average Bonchev–Trinajstić information content (AvgIpc) is 2.40. The number of allylic oxidation sites excluding steroid dienone is 1. The van der Waals surface area contributed by atoms with Gasteiger partial charge in [0.2, 0.25) is 0 Å². The standard InChI is InChI=1S/C19H30OSSi/c1-8-15-21-16-9-12-19(13-10-17(2)11-14-19)20-22(6,7)18(3,4)5/h1,10H,11,13-16H2,2-7H3. The van der Waals surface area contributed by atoms with E-state index in [0.717, 1.165) is 30.8 Å². The van der Waals surface area contributed by atoms with Crippen molar-refractivity contribution in [2.45, 2.75) is 70.7 Å². The Bertz CT molecular complexity index is 510. The van der Waals surface area contributed by atoms with E-state index in [0.29, 0.717) is 0 Å². The minimum Gasteiger partial charge on any atom is -0.400 e. The summed E-state index contributed by atoms with van der Waals surface area (Å²) in [7, 11) is -1.83. The summed E-state index contributed by atoms with van der Waals surface area (Å²) in [5, 5.41) is 0.204. The molecule has 1 aliphatic rings. The first kappa shape index (κ1) is 19.4. The van der Waals surface area contributed by atoms with Crippen molar-refractivity contribution >= 4 is 20.1 Å². The molecule has 0 aromatic carbocycles. The van der Waals surface area contributed by atoms with Gasteiger partial charge in [-0.3, -0.25) is 0 Å². The Morgan fingerprint density at radius 2 is 2.05 bits per heavy atom. The van der Waals surface area contributed by atoms with Crippen LogP contribution in [0.1, 0.15) is 47.0 Å². The van der Waals surface area contributed by atoms with Crippen molar-refractivity contribution in [1.82, 2.24) is 0 Å². The van der Waals surface area contributed by atoms with Crippen molar-refractivity contribution in [1.29, 1.82) is 0 Å². The van der Waals surface area contributed by atoms with Crippen LogP contribution in [0.4, 0.5) is 0 Å².